The third kappa shape index (κ3) is 2.81. The van der Waals surface area contributed by atoms with Crippen molar-refractivity contribution in [3.05, 3.63) is 47.8 Å². The summed E-state index contributed by atoms with van der Waals surface area (Å²) in [5, 5.41) is 9.90. The number of ether oxygens (including phenoxy) is 1. The minimum absolute atomic E-state index is 0.0875. The smallest absolute Gasteiger partial charge is 0.373 e. The number of aliphatic hydroxyl groups is 1. The van der Waals surface area contributed by atoms with E-state index in [0.29, 0.717) is 18.6 Å². The predicted octanol–water partition coefficient (Wildman–Crippen LogP) is 2.33. The van der Waals surface area contributed by atoms with Crippen LogP contribution in [0.1, 0.15) is 34.6 Å². The third-order valence-corrected chi connectivity index (χ3v) is 2.59. The van der Waals surface area contributed by atoms with Crippen LogP contribution in [0.5, 0.6) is 0 Å². The van der Waals surface area contributed by atoms with Gasteiger partial charge in [0.1, 0.15) is 17.6 Å². The van der Waals surface area contributed by atoms with Gasteiger partial charge in [-0.15, -0.1) is 0 Å². The Hall–Kier alpha value is -2.01. The second kappa shape index (κ2) is 5.55. The molecule has 18 heavy (non-hydrogen) atoms. The van der Waals surface area contributed by atoms with Crippen LogP contribution in [-0.2, 0) is 11.2 Å². The molecule has 0 aliphatic heterocycles. The maximum absolute atomic E-state index is 11.2. The SMILES string of the molecule is COC(=O)c1ccc(C(O)CCc2ccco2)o1. The Labute approximate surface area is 104 Å². The minimum Gasteiger partial charge on any atom is -0.469 e. The van der Waals surface area contributed by atoms with Gasteiger partial charge in [0.15, 0.2) is 0 Å². The van der Waals surface area contributed by atoms with Crippen molar-refractivity contribution in [1.29, 1.82) is 0 Å². The van der Waals surface area contributed by atoms with Crippen LogP contribution in [0.2, 0.25) is 0 Å². The Kier molecular flexibility index (Phi) is 3.84. The molecule has 1 atom stereocenters. The van der Waals surface area contributed by atoms with Crippen LogP contribution in [-0.4, -0.2) is 18.2 Å². The van der Waals surface area contributed by atoms with Crippen molar-refractivity contribution >= 4 is 5.97 Å². The first-order valence-corrected chi connectivity index (χ1v) is 5.59. The number of furan rings is 2. The van der Waals surface area contributed by atoms with Crippen molar-refractivity contribution in [2.45, 2.75) is 18.9 Å². The summed E-state index contributed by atoms with van der Waals surface area (Å²) in [5.74, 6) is 0.680. The van der Waals surface area contributed by atoms with Crippen molar-refractivity contribution in [3.63, 3.8) is 0 Å². The monoisotopic (exact) mass is 250 g/mol. The topological polar surface area (TPSA) is 72.8 Å². The molecule has 0 saturated carbocycles. The number of carbonyl (C=O) groups excluding carboxylic acids is 1. The number of rotatable bonds is 5. The molecular weight excluding hydrogens is 236 g/mol. The molecule has 0 aromatic carbocycles. The van der Waals surface area contributed by atoms with Crippen molar-refractivity contribution in [2.24, 2.45) is 0 Å². The number of esters is 1. The van der Waals surface area contributed by atoms with Crippen LogP contribution in [0.25, 0.3) is 0 Å². The molecule has 1 unspecified atom stereocenters. The molecule has 1 N–H and O–H groups in total. The minimum atomic E-state index is -0.770. The van der Waals surface area contributed by atoms with E-state index >= 15 is 0 Å². The Morgan fingerprint density at radius 2 is 2.28 bits per heavy atom. The lowest BCUT2D eigenvalue weighted by atomic mass is 10.1. The van der Waals surface area contributed by atoms with Crippen molar-refractivity contribution < 1.29 is 23.5 Å². The maximum atomic E-state index is 11.2. The van der Waals surface area contributed by atoms with Crippen LogP contribution >= 0.6 is 0 Å². The van der Waals surface area contributed by atoms with Gasteiger partial charge in [-0.2, -0.15) is 0 Å². The van der Waals surface area contributed by atoms with Crippen LogP contribution in [0.3, 0.4) is 0 Å². The number of aryl methyl sites for hydroxylation is 1. The normalized spacial score (nSPS) is 12.3. The average Bonchev–Trinajstić information content (AvgIpc) is 3.05. The van der Waals surface area contributed by atoms with E-state index in [4.69, 9.17) is 8.83 Å². The maximum Gasteiger partial charge on any atom is 0.373 e. The molecule has 5 heteroatoms. The standard InChI is InChI=1S/C13H14O5/c1-16-13(15)12-7-6-11(18-12)10(14)5-4-9-3-2-8-17-9/h2-3,6-8,10,14H,4-5H2,1H3. The highest BCUT2D eigenvalue weighted by atomic mass is 16.5. The lowest BCUT2D eigenvalue weighted by Gasteiger charge is -2.05. The lowest BCUT2D eigenvalue weighted by Crippen LogP contribution is -2.00. The molecule has 0 saturated heterocycles. The van der Waals surface area contributed by atoms with Crippen LogP contribution in [0.4, 0.5) is 0 Å². The molecule has 0 fully saturated rings. The molecule has 2 heterocycles. The quantitative estimate of drug-likeness (QED) is 0.824. The van der Waals surface area contributed by atoms with Crippen molar-refractivity contribution in [1.82, 2.24) is 0 Å². The van der Waals surface area contributed by atoms with Gasteiger partial charge >= 0.3 is 5.97 Å². The molecule has 2 aromatic heterocycles. The van der Waals surface area contributed by atoms with Crippen LogP contribution < -0.4 is 0 Å². The molecule has 0 amide bonds. The molecule has 0 spiro atoms. The molecule has 96 valence electrons. The van der Waals surface area contributed by atoms with Crippen molar-refractivity contribution in [3.8, 4) is 0 Å². The first kappa shape index (κ1) is 12.4. The van der Waals surface area contributed by atoms with Gasteiger partial charge in [0.05, 0.1) is 13.4 Å². The van der Waals surface area contributed by atoms with Gasteiger partial charge < -0.3 is 18.7 Å². The summed E-state index contributed by atoms with van der Waals surface area (Å²) in [4.78, 5) is 11.2. The van der Waals surface area contributed by atoms with E-state index in [1.165, 1.54) is 13.2 Å². The van der Waals surface area contributed by atoms with Crippen LogP contribution in [0.15, 0.2) is 39.4 Å². The Morgan fingerprint density at radius 3 is 2.94 bits per heavy atom. The average molecular weight is 250 g/mol. The van der Waals surface area contributed by atoms with Crippen molar-refractivity contribution in [2.75, 3.05) is 7.11 Å². The summed E-state index contributed by atoms with van der Waals surface area (Å²) < 4.78 is 14.9. The Morgan fingerprint density at radius 1 is 1.44 bits per heavy atom. The van der Waals surface area contributed by atoms with Gasteiger partial charge in [-0.1, -0.05) is 0 Å². The second-order valence-electron chi connectivity index (χ2n) is 3.83. The molecule has 2 rings (SSSR count). The fourth-order valence-electron chi connectivity index (χ4n) is 1.62. The number of hydrogen-bond acceptors (Lipinski definition) is 5. The van der Waals surface area contributed by atoms with E-state index < -0.39 is 12.1 Å². The summed E-state index contributed by atoms with van der Waals surface area (Å²) in [6, 6.07) is 6.69. The van der Waals surface area contributed by atoms with E-state index in [1.807, 2.05) is 6.07 Å². The fourth-order valence-corrected chi connectivity index (χ4v) is 1.62. The molecule has 0 bridgehead atoms. The predicted molar refractivity (Wildman–Crippen MR) is 62.0 cm³/mol. The van der Waals surface area contributed by atoms with Gasteiger partial charge in [0.25, 0.3) is 0 Å². The highest BCUT2D eigenvalue weighted by Crippen LogP contribution is 2.21. The lowest BCUT2D eigenvalue weighted by molar-refractivity contribution is 0.0553. The van der Waals surface area contributed by atoms with Gasteiger partial charge in [0.2, 0.25) is 5.76 Å². The first-order valence-electron chi connectivity index (χ1n) is 5.59. The summed E-state index contributed by atoms with van der Waals surface area (Å²) >= 11 is 0. The number of hydrogen-bond donors (Lipinski definition) is 1. The Bertz CT molecular complexity index is 497. The number of aliphatic hydroxyl groups excluding tert-OH is 1. The Balaban J connectivity index is 1.94. The van der Waals surface area contributed by atoms with E-state index in [9.17, 15) is 9.90 Å². The fraction of sp³-hybridized carbons (Fsp3) is 0.308. The summed E-state index contributed by atoms with van der Waals surface area (Å²) in [5.41, 5.74) is 0. The van der Waals surface area contributed by atoms with E-state index in [-0.39, 0.29) is 5.76 Å². The van der Waals surface area contributed by atoms with E-state index in [0.717, 1.165) is 5.76 Å². The van der Waals surface area contributed by atoms with E-state index in [1.54, 1.807) is 18.4 Å². The molecule has 0 aliphatic rings. The van der Waals surface area contributed by atoms with Gasteiger partial charge in [-0.3, -0.25) is 0 Å². The zero-order valence-electron chi connectivity index (χ0n) is 9.96. The molecule has 5 nitrogen and oxygen atoms in total. The molecule has 0 radical (unpaired) electrons. The molecule has 2 aromatic rings. The summed E-state index contributed by atoms with van der Waals surface area (Å²) in [7, 11) is 1.28. The number of methoxy groups -OCH3 is 1. The zero-order chi connectivity index (χ0) is 13.0. The van der Waals surface area contributed by atoms with Gasteiger partial charge in [-0.25, -0.2) is 4.79 Å². The summed E-state index contributed by atoms with van der Waals surface area (Å²) in [6.07, 6.45) is 1.88. The third-order valence-electron chi connectivity index (χ3n) is 2.59. The molecular formula is C13H14O5. The van der Waals surface area contributed by atoms with Crippen LogP contribution in [0, 0.1) is 0 Å². The molecule has 0 aliphatic carbocycles. The number of carbonyl (C=O) groups is 1. The van der Waals surface area contributed by atoms with E-state index in [2.05, 4.69) is 4.74 Å². The summed E-state index contributed by atoms with van der Waals surface area (Å²) in [6.45, 7) is 0. The largest absolute Gasteiger partial charge is 0.469 e. The second-order valence-corrected chi connectivity index (χ2v) is 3.83. The highest BCUT2D eigenvalue weighted by molar-refractivity contribution is 5.86. The van der Waals surface area contributed by atoms with Gasteiger partial charge in [-0.05, 0) is 30.7 Å². The zero-order valence-corrected chi connectivity index (χ0v) is 9.96. The first-order chi connectivity index (χ1) is 8.70. The highest BCUT2D eigenvalue weighted by Gasteiger charge is 2.16. The van der Waals surface area contributed by atoms with Gasteiger partial charge in [0, 0.05) is 6.42 Å².